The van der Waals surface area contributed by atoms with Gasteiger partial charge in [-0.2, -0.15) is 0 Å². The molecule has 96 valence electrons. The molecule has 1 aromatic rings. The van der Waals surface area contributed by atoms with Crippen molar-refractivity contribution in [2.45, 2.75) is 18.9 Å². The van der Waals surface area contributed by atoms with Gasteiger partial charge >= 0.3 is 0 Å². The maximum Gasteiger partial charge on any atom is 0.191 e. The first-order valence-corrected chi connectivity index (χ1v) is 6.16. The molecule has 0 amide bonds. The van der Waals surface area contributed by atoms with Gasteiger partial charge in [-0.1, -0.05) is 6.07 Å². The van der Waals surface area contributed by atoms with E-state index in [1.165, 1.54) is 25.0 Å². The number of halogens is 2. The average Bonchev–Trinajstić information content (AvgIpc) is 3.06. The molecule has 2 aliphatic rings. The molecule has 0 radical (unpaired) electrons. The molecule has 5 heteroatoms. The van der Waals surface area contributed by atoms with Crippen LogP contribution in [0.4, 0.5) is 8.78 Å². The largest absolute Gasteiger partial charge is 0.370 e. The van der Waals surface area contributed by atoms with E-state index in [9.17, 15) is 8.78 Å². The third kappa shape index (κ3) is 2.05. The van der Waals surface area contributed by atoms with E-state index in [0.29, 0.717) is 24.0 Å². The smallest absolute Gasteiger partial charge is 0.191 e. The van der Waals surface area contributed by atoms with E-state index in [4.69, 9.17) is 5.73 Å². The molecule has 1 aliphatic heterocycles. The summed E-state index contributed by atoms with van der Waals surface area (Å²) in [7, 11) is 0. The van der Waals surface area contributed by atoms with Crippen LogP contribution in [-0.2, 0) is 0 Å². The monoisotopic (exact) mass is 251 g/mol. The molecule has 1 fully saturated rings. The van der Waals surface area contributed by atoms with Crippen molar-refractivity contribution < 1.29 is 8.78 Å². The van der Waals surface area contributed by atoms with Crippen LogP contribution in [0.3, 0.4) is 0 Å². The van der Waals surface area contributed by atoms with Crippen LogP contribution >= 0.6 is 0 Å². The number of benzene rings is 1. The number of nitrogens with zero attached hydrogens (tertiary/aromatic N) is 2. The van der Waals surface area contributed by atoms with Crippen molar-refractivity contribution in [3.8, 4) is 0 Å². The summed E-state index contributed by atoms with van der Waals surface area (Å²) in [6, 6.07) is 3.50. The zero-order chi connectivity index (χ0) is 12.7. The van der Waals surface area contributed by atoms with Crippen LogP contribution in [-0.4, -0.2) is 23.9 Å². The fourth-order valence-electron chi connectivity index (χ4n) is 2.37. The van der Waals surface area contributed by atoms with Crippen LogP contribution in [0.25, 0.3) is 0 Å². The Morgan fingerprint density at radius 1 is 1.33 bits per heavy atom. The molecular weight excluding hydrogens is 236 g/mol. The zero-order valence-electron chi connectivity index (χ0n) is 9.94. The van der Waals surface area contributed by atoms with Crippen LogP contribution < -0.4 is 5.73 Å². The van der Waals surface area contributed by atoms with Crippen LogP contribution in [0, 0.1) is 17.6 Å². The van der Waals surface area contributed by atoms with Crippen LogP contribution in [0.1, 0.15) is 24.4 Å². The number of aliphatic imine (C=N–C) groups is 1. The van der Waals surface area contributed by atoms with E-state index in [1.54, 1.807) is 0 Å². The lowest BCUT2D eigenvalue weighted by atomic mass is 10.1. The SMILES string of the molecule is NC1=NCC(c2ccc(F)cc2F)N1CC1CC1. The minimum absolute atomic E-state index is 0.189. The van der Waals surface area contributed by atoms with Gasteiger partial charge in [0.15, 0.2) is 5.96 Å². The molecule has 1 heterocycles. The molecule has 18 heavy (non-hydrogen) atoms. The molecule has 1 unspecified atom stereocenters. The molecule has 1 aliphatic carbocycles. The van der Waals surface area contributed by atoms with E-state index < -0.39 is 11.6 Å². The van der Waals surface area contributed by atoms with Gasteiger partial charge in [0.25, 0.3) is 0 Å². The van der Waals surface area contributed by atoms with Gasteiger partial charge < -0.3 is 10.6 Å². The summed E-state index contributed by atoms with van der Waals surface area (Å²) in [5.41, 5.74) is 6.32. The molecule has 3 nitrogen and oxygen atoms in total. The summed E-state index contributed by atoms with van der Waals surface area (Å²) in [5.74, 6) is 0.0288. The molecule has 0 aromatic heterocycles. The predicted octanol–water partition coefficient (Wildman–Crippen LogP) is 2.05. The van der Waals surface area contributed by atoms with Gasteiger partial charge in [0.1, 0.15) is 11.6 Å². The number of guanidine groups is 1. The summed E-state index contributed by atoms with van der Waals surface area (Å²) in [6.07, 6.45) is 2.39. The lowest BCUT2D eigenvalue weighted by molar-refractivity contribution is 0.325. The van der Waals surface area contributed by atoms with Crippen molar-refractivity contribution in [1.29, 1.82) is 0 Å². The fourth-order valence-corrected chi connectivity index (χ4v) is 2.37. The second kappa shape index (κ2) is 4.23. The van der Waals surface area contributed by atoms with E-state index >= 15 is 0 Å². The summed E-state index contributed by atoms with van der Waals surface area (Å²) < 4.78 is 26.7. The summed E-state index contributed by atoms with van der Waals surface area (Å²) >= 11 is 0. The van der Waals surface area contributed by atoms with E-state index in [-0.39, 0.29) is 6.04 Å². The predicted molar refractivity (Wildman–Crippen MR) is 65.0 cm³/mol. The minimum Gasteiger partial charge on any atom is -0.370 e. The fraction of sp³-hybridized carbons (Fsp3) is 0.462. The normalized spacial score (nSPS) is 23.3. The summed E-state index contributed by atoms with van der Waals surface area (Å²) in [5, 5.41) is 0. The number of hydrogen-bond donors (Lipinski definition) is 1. The summed E-state index contributed by atoms with van der Waals surface area (Å²) in [6.45, 7) is 1.26. The Balaban J connectivity index is 1.85. The maximum atomic E-state index is 13.8. The molecule has 1 saturated carbocycles. The van der Waals surface area contributed by atoms with Crippen LogP contribution in [0.5, 0.6) is 0 Å². The van der Waals surface area contributed by atoms with Gasteiger partial charge in [-0.3, -0.25) is 4.99 Å². The molecule has 1 aromatic carbocycles. The lowest BCUT2D eigenvalue weighted by Gasteiger charge is -2.26. The van der Waals surface area contributed by atoms with Gasteiger partial charge in [0.2, 0.25) is 0 Å². The Kier molecular flexibility index (Phi) is 2.69. The highest BCUT2D eigenvalue weighted by Crippen LogP contribution is 2.35. The highest BCUT2D eigenvalue weighted by atomic mass is 19.1. The van der Waals surface area contributed by atoms with Crippen LogP contribution in [0.15, 0.2) is 23.2 Å². The van der Waals surface area contributed by atoms with E-state index in [1.807, 2.05) is 4.90 Å². The van der Waals surface area contributed by atoms with Crippen molar-refractivity contribution in [2.75, 3.05) is 13.1 Å². The third-order valence-electron chi connectivity index (χ3n) is 3.57. The van der Waals surface area contributed by atoms with Gasteiger partial charge in [-0.15, -0.1) is 0 Å². The van der Waals surface area contributed by atoms with Crippen LogP contribution in [0.2, 0.25) is 0 Å². The first-order valence-electron chi connectivity index (χ1n) is 6.16. The Morgan fingerprint density at radius 3 is 2.78 bits per heavy atom. The minimum atomic E-state index is -0.558. The topological polar surface area (TPSA) is 41.6 Å². The highest BCUT2D eigenvalue weighted by molar-refractivity contribution is 5.80. The molecule has 3 rings (SSSR count). The Labute approximate surface area is 104 Å². The second-order valence-electron chi connectivity index (χ2n) is 4.98. The van der Waals surface area contributed by atoms with Gasteiger partial charge in [-0.05, 0) is 24.8 Å². The van der Waals surface area contributed by atoms with Gasteiger partial charge in [-0.25, -0.2) is 8.78 Å². The second-order valence-corrected chi connectivity index (χ2v) is 4.98. The molecule has 0 bridgehead atoms. The van der Waals surface area contributed by atoms with Crippen molar-refractivity contribution in [3.05, 3.63) is 35.4 Å². The molecule has 2 N–H and O–H groups in total. The molecule has 0 spiro atoms. The zero-order valence-corrected chi connectivity index (χ0v) is 9.94. The van der Waals surface area contributed by atoms with Crippen molar-refractivity contribution in [2.24, 2.45) is 16.6 Å². The Hall–Kier alpha value is -1.65. The first kappa shape index (κ1) is 11.4. The number of rotatable bonds is 3. The van der Waals surface area contributed by atoms with Gasteiger partial charge in [0, 0.05) is 18.2 Å². The quantitative estimate of drug-likeness (QED) is 0.893. The van der Waals surface area contributed by atoms with Crippen molar-refractivity contribution in [3.63, 3.8) is 0 Å². The molecule has 1 atom stereocenters. The average molecular weight is 251 g/mol. The highest BCUT2D eigenvalue weighted by Gasteiger charge is 2.34. The number of nitrogens with two attached hydrogens (primary N) is 1. The standard InChI is InChI=1S/C13H15F2N3/c14-9-3-4-10(11(15)5-9)12-6-17-13(16)18(12)7-8-1-2-8/h3-5,8,12H,1-2,6-7H2,(H2,16,17). The molecule has 0 saturated heterocycles. The Bertz CT molecular complexity index is 497. The molecular formula is C13H15F2N3. The van der Waals surface area contributed by atoms with E-state index in [2.05, 4.69) is 4.99 Å². The third-order valence-corrected chi connectivity index (χ3v) is 3.57. The Morgan fingerprint density at radius 2 is 2.11 bits per heavy atom. The maximum absolute atomic E-state index is 13.8. The lowest BCUT2D eigenvalue weighted by Crippen LogP contribution is -2.37. The van der Waals surface area contributed by atoms with Crippen molar-refractivity contribution in [1.82, 2.24) is 4.90 Å². The van der Waals surface area contributed by atoms with Gasteiger partial charge in [0.05, 0.1) is 12.6 Å². The first-order chi connectivity index (χ1) is 8.65. The van der Waals surface area contributed by atoms with Crippen molar-refractivity contribution >= 4 is 5.96 Å². The summed E-state index contributed by atoms with van der Waals surface area (Å²) in [4.78, 5) is 6.12. The number of hydrogen-bond acceptors (Lipinski definition) is 3. The van der Waals surface area contributed by atoms with E-state index in [0.717, 1.165) is 12.6 Å².